The number of halogens is 3. The first-order valence-electron chi connectivity index (χ1n) is 7.70. The van der Waals surface area contributed by atoms with Crippen molar-refractivity contribution in [2.24, 2.45) is 17.6 Å². The zero-order valence-corrected chi connectivity index (χ0v) is 14.8. The van der Waals surface area contributed by atoms with Gasteiger partial charge in [0, 0.05) is 12.1 Å². The molecule has 1 aromatic carbocycles. The van der Waals surface area contributed by atoms with Crippen LogP contribution < -0.4 is 10.5 Å². The molecule has 0 radical (unpaired) electrons. The first-order valence-corrected chi connectivity index (χ1v) is 9.94. The maximum Gasteiger partial charge on any atom is 0.243 e. The van der Waals surface area contributed by atoms with E-state index in [0.29, 0.717) is 0 Å². The summed E-state index contributed by atoms with van der Waals surface area (Å²) in [7, 11) is -3.92. The van der Waals surface area contributed by atoms with Gasteiger partial charge in [0.15, 0.2) is 0 Å². The van der Waals surface area contributed by atoms with E-state index in [4.69, 9.17) is 28.9 Å². The summed E-state index contributed by atoms with van der Waals surface area (Å²) < 4.78 is 41.5. The van der Waals surface area contributed by atoms with Gasteiger partial charge in [0.1, 0.15) is 10.7 Å². The third kappa shape index (κ3) is 3.51. The van der Waals surface area contributed by atoms with Crippen molar-refractivity contribution in [2.45, 2.75) is 49.1 Å². The summed E-state index contributed by atoms with van der Waals surface area (Å²) in [6, 6.07) is 1.88. The topological polar surface area (TPSA) is 72.2 Å². The molecule has 0 spiro atoms. The van der Waals surface area contributed by atoms with Crippen molar-refractivity contribution in [1.29, 1.82) is 0 Å². The van der Waals surface area contributed by atoms with Crippen molar-refractivity contribution in [3.63, 3.8) is 0 Å². The van der Waals surface area contributed by atoms with Crippen molar-refractivity contribution in [2.75, 3.05) is 0 Å². The highest BCUT2D eigenvalue weighted by Crippen LogP contribution is 2.41. The molecule has 8 heteroatoms. The SMILES string of the molecule is NC1CC2CCCC(C1)C2NS(=O)(=O)c1c(Cl)cc(F)cc1Cl. The van der Waals surface area contributed by atoms with E-state index < -0.39 is 15.8 Å². The molecule has 128 valence electrons. The van der Waals surface area contributed by atoms with Crippen LogP contribution in [0.25, 0.3) is 0 Å². The Morgan fingerprint density at radius 3 is 2.17 bits per heavy atom. The van der Waals surface area contributed by atoms with Crippen LogP contribution in [0.1, 0.15) is 32.1 Å². The smallest absolute Gasteiger partial charge is 0.243 e. The van der Waals surface area contributed by atoms with E-state index in [0.717, 1.165) is 44.2 Å². The number of hydrogen-bond donors (Lipinski definition) is 2. The molecule has 1 aromatic rings. The van der Waals surface area contributed by atoms with Gasteiger partial charge in [-0.1, -0.05) is 29.6 Å². The van der Waals surface area contributed by atoms with Crippen molar-refractivity contribution >= 4 is 33.2 Å². The Bertz CT molecular complexity index is 676. The maximum atomic E-state index is 13.3. The molecule has 4 nitrogen and oxygen atoms in total. The first-order chi connectivity index (χ1) is 10.8. The summed E-state index contributed by atoms with van der Waals surface area (Å²) in [6.07, 6.45) is 4.64. The highest BCUT2D eigenvalue weighted by atomic mass is 35.5. The van der Waals surface area contributed by atoms with Gasteiger partial charge >= 0.3 is 0 Å². The van der Waals surface area contributed by atoms with Gasteiger partial charge in [0.05, 0.1) is 10.0 Å². The number of nitrogens with two attached hydrogens (primary N) is 1. The predicted molar refractivity (Wildman–Crippen MR) is 88.6 cm³/mol. The highest BCUT2D eigenvalue weighted by Gasteiger charge is 2.41. The molecular weight excluding hydrogens is 362 g/mol. The fourth-order valence-electron chi connectivity index (χ4n) is 4.01. The maximum absolute atomic E-state index is 13.3. The number of hydrogen-bond acceptors (Lipinski definition) is 3. The molecule has 2 fully saturated rings. The number of benzene rings is 1. The van der Waals surface area contributed by atoms with E-state index in [1.54, 1.807) is 0 Å². The average Bonchev–Trinajstić information content (AvgIpc) is 2.37. The largest absolute Gasteiger partial charge is 0.328 e. The van der Waals surface area contributed by atoms with E-state index in [1.807, 2.05) is 0 Å². The molecule has 2 aliphatic rings. The summed E-state index contributed by atoms with van der Waals surface area (Å²) in [6.45, 7) is 0. The molecule has 0 aromatic heterocycles. The normalized spacial score (nSPS) is 31.1. The molecule has 0 aliphatic heterocycles. The number of nitrogens with one attached hydrogen (secondary N) is 1. The van der Waals surface area contributed by atoms with Crippen molar-refractivity contribution in [3.8, 4) is 0 Å². The minimum atomic E-state index is -3.92. The summed E-state index contributed by atoms with van der Waals surface area (Å²) >= 11 is 11.8. The van der Waals surface area contributed by atoms with Gasteiger partial charge in [-0.25, -0.2) is 17.5 Å². The molecule has 0 heterocycles. The molecule has 2 atom stereocenters. The summed E-state index contributed by atoms with van der Waals surface area (Å²) in [5.41, 5.74) is 6.07. The molecule has 2 unspecified atom stereocenters. The monoisotopic (exact) mass is 380 g/mol. The standard InChI is InChI=1S/C15H19Cl2FN2O2S/c16-12-6-10(18)7-13(17)15(12)23(21,22)20-14-8-2-1-3-9(14)5-11(19)4-8/h6-9,11,14,20H,1-5,19H2. The molecule has 3 N–H and O–H groups in total. The van der Waals surface area contributed by atoms with Crippen LogP contribution >= 0.6 is 23.2 Å². The Morgan fingerprint density at radius 2 is 1.65 bits per heavy atom. The Kier molecular flexibility index (Phi) is 4.91. The fourth-order valence-corrected chi connectivity index (χ4v) is 6.57. The molecule has 3 rings (SSSR count). The molecule has 2 saturated carbocycles. The van der Waals surface area contributed by atoms with E-state index in [1.165, 1.54) is 0 Å². The van der Waals surface area contributed by atoms with Gasteiger partial charge in [-0.3, -0.25) is 0 Å². The zero-order valence-electron chi connectivity index (χ0n) is 12.4. The van der Waals surface area contributed by atoms with Gasteiger partial charge in [-0.05, 0) is 49.7 Å². The van der Waals surface area contributed by atoms with Crippen LogP contribution in [0, 0.1) is 17.7 Å². The van der Waals surface area contributed by atoms with Crippen LogP contribution in [-0.4, -0.2) is 20.5 Å². The molecule has 2 aliphatic carbocycles. The fraction of sp³-hybridized carbons (Fsp3) is 0.600. The van der Waals surface area contributed by atoms with Crippen LogP contribution in [0.4, 0.5) is 4.39 Å². The molecule has 23 heavy (non-hydrogen) atoms. The Morgan fingerprint density at radius 1 is 1.13 bits per heavy atom. The van der Waals surface area contributed by atoms with Crippen LogP contribution in [0.3, 0.4) is 0 Å². The van der Waals surface area contributed by atoms with Crippen LogP contribution in [0.15, 0.2) is 17.0 Å². The lowest BCUT2D eigenvalue weighted by Crippen LogP contribution is -2.53. The summed E-state index contributed by atoms with van der Waals surface area (Å²) in [4.78, 5) is -0.254. The van der Waals surface area contributed by atoms with E-state index in [9.17, 15) is 12.8 Å². The van der Waals surface area contributed by atoms with Gasteiger partial charge in [0.25, 0.3) is 0 Å². The van der Waals surface area contributed by atoms with E-state index in [2.05, 4.69) is 4.72 Å². The average molecular weight is 381 g/mol. The van der Waals surface area contributed by atoms with Crippen LogP contribution in [-0.2, 0) is 10.0 Å². The van der Waals surface area contributed by atoms with Crippen molar-refractivity contribution in [1.82, 2.24) is 4.72 Å². The second kappa shape index (κ2) is 6.48. The molecule has 0 saturated heterocycles. The summed E-state index contributed by atoms with van der Waals surface area (Å²) in [5, 5.41) is -0.416. The lowest BCUT2D eigenvalue weighted by atomic mass is 9.67. The minimum Gasteiger partial charge on any atom is -0.328 e. The lowest BCUT2D eigenvalue weighted by molar-refractivity contribution is 0.125. The summed E-state index contributed by atoms with van der Waals surface area (Å²) in [5.74, 6) is -0.213. The third-order valence-corrected chi connectivity index (χ3v) is 7.28. The molecular formula is C15H19Cl2FN2O2S. The third-order valence-electron chi connectivity index (χ3n) is 4.90. The molecule has 0 amide bonds. The predicted octanol–water partition coefficient (Wildman–Crippen LogP) is 3.32. The van der Waals surface area contributed by atoms with E-state index in [-0.39, 0.29) is 38.9 Å². The second-order valence-corrected chi connectivity index (χ2v) is 8.99. The van der Waals surface area contributed by atoms with Gasteiger partial charge in [-0.2, -0.15) is 0 Å². The van der Waals surface area contributed by atoms with Crippen LogP contribution in [0.5, 0.6) is 0 Å². The lowest BCUT2D eigenvalue weighted by Gasteiger charge is -2.45. The highest BCUT2D eigenvalue weighted by molar-refractivity contribution is 7.89. The molecule has 2 bridgehead atoms. The van der Waals surface area contributed by atoms with Gasteiger partial charge in [0.2, 0.25) is 10.0 Å². The van der Waals surface area contributed by atoms with Gasteiger partial charge in [-0.15, -0.1) is 0 Å². The Balaban J connectivity index is 1.90. The minimum absolute atomic E-state index is 0.129. The Hall–Kier alpha value is -0.400. The van der Waals surface area contributed by atoms with Crippen molar-refractivity contribution < 1.29 is 12.8 Å². The number of fused-ring (bicyclic) bond motifs is 2. The first kappa shape index (κ1) is 17.4. The quantitative estimate of drug-likeness (QED) is 0.844. The Labute approximate surface area is 145 Å². The number of rotatable bonds is 3. The van der Waals surface area contributed by atoms with Crippen LogP contribution in [0.2, 0.25) is 10.0 Å². The zero-order chi connectivity index (χ0) is 16.8. The number of sulfonamides is 1. The van der Waals surface area contributed by atoms with E-state index >= 15 is 0 Å². The second-order valence-electron chi connectivity index (χ2n) is 6.53. The van der Waals surface area contributed by atoms with Crippen molar-refractivity contribution in [3.05, 3.63) is 28.0 Å². The van der Waals surface area contributed by atoms with Gasteiger partial charge < -0.3 is 5.73 Å².